The largest absolute Gasteiger partial charge is 0.465 e. The zero-order valence-corrected chi connectivity index (χ0v) is 24.1. The first-order valence-electron chi connectivity index (χ1n) is 14.3. The molecule has 0 spiro atoms. The summed E-state index contributed by atoms with van der Waals surface area (Å²) in [6.07, 6.45) is 4.87. The van der Waals surface area contributed by atoms with Crippen molar-refractivity contribution in [3.63, 3.8) is 0 Å². The fourth-order valence-corrected chi connectivity index (χ4v) is 6.98. The summed E-state index contributed by atoms with van der Waals surface area (Å²) in [6.45, 7) is 13.1. The Morgan fingerprint density at radius 3 is 2.23 bits per heavy atom. The monoisotopic (exact) mass is 522 g/mol. The number of nitrogens with zero attached hydrogens (tertiary/aromatic N) is 2. The molecule has 0 saturated heterocycles. The predicted octanol–water partition coefficient (Wildman–Crippen LogP) is 7.38. The molecule has 0 saturated carbocycles. The van der Waals surface area contributed by atoms with E-state index in [1.807, 2.05) is 6.92 Å². The van der Waals surface area contributed by atoms with E-state index in [0.717, 1.165) is 88.1 Å². The number of rotatable bonds is 3. The summed E-state index contributed by atoms with van der Waals surface area (Å²) >= 11 is 0. The normalized spacial score (nSPS) is 18.5. The molecule has 2 atom stereocenters. The van der Waals surface area contributed by atoms with Crippen LogP contribution in [0.5, 0.6) is 0 Å². The van der Waals surface area contributed by atoms with Crippen LogP contribution in [0.1, 0.15) is 103 Å². The minimum absolute atomic E-state index is 0.301. The Balaban J connectivity index is 1.82. The molecule has 202 valence electrons. The molecule has 0 aromatic carbocycles. The highest BCUT2D eigenvalue weighted by molar-refractivity contribution is 6.25. The van der Waals surface area contributed by atoms with Crippen molar-refractivity contribution in [2.45, 2.75) is 85.5 Å². The van der Waals surface area contributed by atoms with Crippen molar-refractivity contribution in [3.8, 4) is 0 Å². The number of allylic oxidation sites excluding steroid dienone is 1. The second-order valence-corrected chi connectivity index (χ2v) is 11.3. The summed E-state index contributed by atoms with van der Waals surface area (Å²) in [4.78, 5) is 31.0. The first-order valence-corrected chi connectivity index (χ1v) is 14.3. The zero-order chi connectivity index (χ0) is 27.6. The highest BCUT2D eigenvalue weighted by Crippen LogP contribution is 2.46. The number of H-pyrrole nitrogens is 2. The predicted molar refractivity (Wildman–Crippen MR) is 158 cm³/mol. The highest BCUT2D eigenvalue weighted by Gasteiger charge is 2.36. The summed E-state index contributed by atoms with van der Waals surface area (Å²) in [6, 6.07) is 6.61. The third kappa shape index (κ3) is 3.87. The molecule has 3 aromatic heterocycles. The number of carbonyl (C=O) groups excluding carboxylic acids is 1. The smallest absolute Gasteiger partial charge is 0.340 e. The molecule has 0 fully saturated rings. The summed E-state index contributed by atoms with van der Waals surface area (Å²) in [5.41, 5.74) is 15.8. The summed E-state index contributed by atoms with van der Waals surface area (Å²) < 4.78 is 5.27. The van der Waals surface area contributed by atoms with Gasteiger partial charge in [-0.25, -0.2) is 9.78 Å². The number of aromatic nitrogens is 4. The number of ether oxygens (including phenoxy) is 1. The van der Waals surface area contributed by atoms with E-state index in [1.165, 1.54) is 29.4 Å². The van der Waals surface area contributed by atoms with Crippen molar-refractivity contribution >= 4 is 39.2 Å². The van der Waals surface area contributed by atoms with Gasteiger partial charge in [-0.3, -0.25) is 4.98 Å². The molecular weight excluding hydrogens is 484 g/mol. The van der Waals surface area contributed by atoms with Crippen LogP contribution in [0.4, 0.5) is 0 Å². The summed E-state index contributed by atoms with van der Waals surface area (Å²) in [7, 11) is 1.45. The van der Waals surface area contributed by atoms with Gasteiger partial charge in [0.05, 0.1) is 24.1 Å². The zero-order valence-electron chi connectivity index (χ0n) is 24.1. The van der Waals surface area contributed by atoms with Crippen LogP contribution < -0.4 is 0 Å². The Morgan fingerprint density at radius 1 is 0.949 bits per heavy atom. The SMILES string of the molecule is CCc1c(C)c2cc3[nH]c(cc4nc5c(c6nc(cc1[nH]2)C(C)=C6C(=O)OC)CCC[C@H]5[C@@H]4C)c(C)c3CC. The van der Waals surface area contributed by atoms with Crippen molar-refractivity contribution in [2.24, 2.45) is 0 Å². The van der Waals surface area contributed by atoms with Crippen LogP contribution in [0, 0.1) is 13.8 Å². The molecule has 0 unspecified atom stereocenters. The molecule has 39 heavy (non-hydrogen) atoms. The summed E-state index contributed by atoms with van der Waals surface area (Å²) in [5, 5.41) is 0. The van der Waals surface area contributed by atoms with E-state index >= 15 is 0 Å². The van der Waals surface area contributed by atoms with Gasteiger partial charge in [-0.05, 0) is 98.9 Å². The topological polar surface area (TPSA) is 83.7 Å². The van der Waals surface area contributed by atoms with Crippen LogP contribution in [0.3, 0.4) is 0 Å². The minimum Gasteiger partial charge on any atom is -0.465 e. The lowest BCUT2D eigenvalue weighted by molar-refractivity contribution is -0.133. The third-order valence-electron chi connectivity index (χ3n) is 9.30. The molecule has 3 aliphatic rings. The number of carbonyl (C=O) groups is 1. The van der Waals surface area contributed by atoms with Crippen molar-refractivity contribution in [1.29, 1.82) is 0 Å². The van der Waals surface area contributed by atoms with Gasteiger partial charge in [0.1, 0.15) is 0 Å². The molecule has 5 heterocycles. The van der Waals surface area contributed by atoms with Gasteiger partial charge in [0.15, 0.2) is 0 Å². The number of fused-ring (bicyclic) bond motifs is 8. The fraction of sp³-hybridized carbons (Fsp3) is 0.424. The molecule has 6 rings (SSSR count). The number of methoxy groups -OCH3 is 1. The average Bonchev–Trinajstić information content (AvgIpc) is 3.61. The first kappa shape index (κ1) is 25.6. The van der Waals surface area contributed by atoms with Gasteiger partial charge < -0.3 is 14.7 Å². The van der Waals surface area contributed by atoms with Crippen LogP contribution in [0.15, 0.2) is 18.2 Å². The number of hydrogen-bond acceptors (Lipinski definition) is 4. The second-order valence-electron chi connectivity index (χ2n) is 11.3. The fourth-order valence-electron chi connectivity index (χ4n) is 6.98. The van der Waals surface area contributed by atoms with Crippen LogP contribution in [-0.2, 0) is 28.8 Å². The Kier molecular flexibility index (Phi) is 6.24. The van der Waals surface area contributed by atoms with E-state index in [1.54, 1.807) is 0 Å². The molecule has 6 heteroatoms. The van der Waals surface area contributed by atoms with Gasteiger partial charge in [-0.1, -0.05) is 20.8 Å². The Labute approximate surface area is 230 Å². The van der Waals surface area contributed by atoms with Gasteiger partial charge in [0, 0.05) is 50.9 Å². The molecule has 2 N–H and O–H groups in total. The highest BCUT2D eigenvalue weighted by atomic mass is 16.5. The van der Waals surface area contributed by atoms with Crippen LogP contribution in [0.2, 0.25) is 0 Å². The number of nitrogens with one attached hydrogen (secondary N) is 2. The van der Waals surface area contributed by atoms with E-state index in [2.05, 4.69) is 62.8 Å². The van der Waals surface area contributed by atoms with Crippen LogP contribution in [-0.4, -0.2) is 33.0 Å². The Hall–Kier alpha value is -3.67. The number of hydrogen-bond donors (Lipinski definition) is 2. The van der Waals surface area contributed by atoms with Crippen molar-refractivity contribution < 1.29 is 9.53 Å². The van der Waals surface area contributed by atoms with E-state index < -0.39 is 0 Å². The standard InChI is InChI=1S/C33H38N4O2/c1-8-20-16(3)24-13-26-18(5)22-11-10-12-23(31(22)36-26)32-30(33(38)39-7)19(6)27(37-32)15-29-21(9-2)17(4)25(35-29)14-28(20)34-24/h13-15,18,22,34-35H,8-12H2,1-7H3/t18-,22-/m0/s1. The van der Waals surface area contributed by atoms with Gasteiger partial charge in [-0.15, -0.1) is 0 Å². The lowest BCUT2D eigenvalue weighted by atomic mass is 9.79. The van der Waals surface area contributed by atoms with Crippen molar-refractivity contribution in [1.82, 2.24) is 19.9 Å². The molecule has 8 bridgehead atoms. The number of aryl methyl sites for hydroxylation is 4. The van der Waals surface area contributed by atoms with E-state index in [9.17, 15) is 4.79 Å². The second kappa shape index (κ2) is 9.51. The van der Waals surface area contributed by atoms with Crippen molar-refractivity contribution in [2.75, 3.05) is 7.11 Å². The summed E-state index contributed by atoms with van der Waals surface area (Å²) in [5.74, 6) is 0.297. The average molecular weight is 523 g/mol. The molecule has 0 radical (unpaired) electrons. The van der Waals surface area contributed by atoms with Gasteiger partial charge in [0.25, 0.3) is 0 Å². The quantitative estimate of drug-likeness (QED) is 0.352. The van der Waals surface area contributed by atoms with Crippen LogP contribution >= 0.6 is 0 Å². The molecule has 3 aromatic rings. The third-order valence-corrected chi connectivity index (χ3v) is 9.30. The van der Waals surface area contributed by atoms with Gasteiger partial charge in [-0.2, -0.15) is 0 Å². The molecule has 1 aliphatic carbocycles. The van der Waals surface area contributed by atoms with E-state index in [0.29, 0.717) is 17.4 Å². The Morgan fingerprint density at radius 2 is 1.59 bits per heavy atom. The minimum atomic E-state index is -0.335. The van der Waals surface area contributed by atoms with E-state index in [4.69, 9.17) is 14.7 Å². The molecule has 0 amide bonds. The van der Waals surface area contributed by atoms with Crippen molar-refractivity contribution in [3.05, 3.63) is 68.8 Å². The lowest BCUT2D eigenvalue weighted by Gasteiger charge is -2.23. The number of aromatic amines is 2. The molecule has 6 nitrogen and oxygen atoms in total. The number of esters is 1. The first-order chi connectivity index (χ1) is 18.8. The van der Waals surface area contributed by atoms with Gasteiger partial charge >= 0.3 is 5.97 Å². The maximum atomic E-state index is 13.1. The van der Waals surface area contributed by atoms with Crippen LogP contribution in [0.25, 0.3) is 33.2 Å². The maximum Gasteiger partial charge on any atom is 0.340 e. The molecule has 2 aliphatic heterocycles. The maximum absolute atomic E-state index is 13.1. The van der Waals surface area contributed by atoms with E-state index in [-0.39, 0.29) is 5.97 Å². The Bertz CT molecular complexity index is 1720. The molecular formula is C33H38N4O2. The van der Waals surface area contributed by atoms with Gasteiger partial charge in [0.2, 0.25) is 0 Å². The lowest BCUT2D eigenvalue weighted by Crippen LogP contribution is -2.14.